The zero-order valence-electron chi connectivity index (χ0n) is 13.4. The lowest BCUT2D eigenvalue weighted by Crippen LogP contribution is -2.06. The number of hydrogen-bond donors (Lipinski definition) is 3. The molecule has 8 heteroatoms. The van der Waals surface area contributed by atoms with Crippen LogP contribution in [0.25, 0.3) is 11.6 Å². The van der Waals surface area contributed by atoms with Crippen LogP contribution in [0, 0.1) is 11.3 Å². The summed E-state index contributed by atoms with van der Waals surface area (Å²) in [5, 5.41) is 22.1. The molecule has 4 N–H and O–H groups in total. The molecule has 0 atom stereocenters. The van der Waals surface area contributed by atoms with Gasteiger partial charge in [0.15, 0.2) is 5.82 Å². The highest BCUT2D eigenvalue weighted by molar-refractivity contribution is 9.10. The second-order valence-electron chi connectivity index (χ2n) is 5.21. The first-order valence-corrected chi connectivity index (χ1v) is 8.29. The summed E-state index contributed by atoms with van der Waals surface area (Å²) in [5.74, 6) is 0.509. The number of nitrogens with zero attached hydrogens (tertiary/aromatic N) is 4. The van der Waals surface area contributed by atoms with E-state index in [-0.39, 0.29) is 29.0 Å². The molecule has 2 aromatic carbocycles. The maximum Gasteiger partial charge on any atom is 0.232 e. The maximum atomic E-state index is 9.57. The van der Waals surface area contributed by atoms with Gasteiger partial charge in [-0.05, 0) is 51.8 Å². The molecule has 128 valence electrons. The van der Waals surface area contributed by atoms with Crippen LogP contribution in [-0.4, -0.2) is 20.1 Å². The number of anilines is 3. The first kappa shape index (κ1) is 17.4. The quantitative estimate of drug-likeness (QED) is 0.562. The van der Waals surface area contributed by atoms with Gasteiger partial charge in [0, 0.05) is 5.69 Å². The van der Waals surface area contributed by atoms with E-state index in [2.05, 4.69) is 42.3 Å². The number of nitriles is 1. The van der Waals surface area contributed by atoms with Gasteiger partial charge in [-0.3, -0.25) is 0 Å². The van der Waals surface area contributed by atoms with Gasteiger partial charge in [0.2, 0.25) is 11.9 Å². The van der Waals surface area contributed by atoms with Crippen LogP contribution in [0.1, 0.15) is 11.4 Å². The third-order valence-electron chi connectivity index (χ3n) is 3.33. The summed E-state index contributed by atoms with van der Waals surface area (Å²) in [6, 6.07) is 16.3. The van der Waals surface area contributed by atoms with Gasteiger partial charge < -0.3 is 16.2 Å². The van der Waals surface area contributed by atoms with Crippen LogP contribution in [0.3, 0.4) is 0 Å². The van der Waals surface area contributed by atoms with E-state index < -0.39 is 0 Å². The number of para-hydroxylation sites is 1. The number of aromatic hydroxyl groups is 1. The van der Waals surface area contributed by atoms with Gasteiger partial charge in [0.1, 0.15) is 11.8 Å². The summed E-state index contributed by atoms with van der Waals surface area (Å²) < 4.78 is 0.519. The van der Waals surface area contributed by atoms with Crippen LogP contribution >= 0.6 is 15.9 Å². The fourth-order valence-electron chi connectivity index (χ4n) is 2.15. The van der Waals surface area contributed by atoms with Gasteiger partial charge in [-0.25, -0.2) is 0 Å². The Morgan fingerprint density at radius 1 is 1.15 bits per heavy atom. The van der Waals surface area contributed by atoms with Crippen molar-refractivity contribution in [3.63, 3.8) is 0 Å². The standard InChI is InChI=1S/C18H13BrN6O/c19-14-9-11(6-7-15(14)26)8-12(10-20)16-23-17(21)25-18(24-16)22-13-4-2-1-3-5-13/h1-9,26H,(H3,21,22,23,24,25)/b12-8+. The van der Waals surface area contributed by atoms with Gasteiger partial charge in [-0.15, -0.1) is 0 Å². The second kappa shape index (κ2) is 7.63. The zero-order chi connectivity index (χ0) is 18.5. The largest absolute Gasteiger partial charge is 0.507 e. The third-order valence-corrected chi connectivity index (χ3v) is 3.96. The molecule has 1 aromatic heterocycles. The fraction of sp³-hybridized carbons (Fsp3) is 0. The Bertz CT molecular complexity index is 1010. The molecule has 0 unspecified atom stereocenters. The Hall–Kier alpha value is -3.44. The lowest BCUT2D eigenvalue weighted by Gasteiger charge is -2.07. The molecule has 0 saturated heterocycles. The molecular weight excluding hydrogens is 396 g/mol. The monoisotopic (exact) mass is 408 g/mol. The Balaban J connectivity index is 1.97. The highest BCUT2D eigenvalue weighted by Crippen LogP contribution is 2.26. The second-order valence-corrected chi connectivity index (χ2v) is 6.07. The Labute approximate surface area is 158 Å². The van der Waals surface area contributed by atoms with Crippen molar-refractivity contribution < 1.29 is 5.11 Å². The van der Waals surface area contributed by atoms with E-state index in [1.165, 1.54) is 6.07 Å². The van der Waals surface area contributed by atoms with Gasteiger partial charge in [0.25, 0.3) is 0 Å². The number of aromatic nitrogens is 3. The summed E-state index contributed by atoms with van der Waals surface area (Å²) in [5.41, 5.74) is 7.46. The molecule has 0 saturated carbocycles. The number of nitrogen functional groups attached to an aromatic ring is 1. The fourth-order valence-corrected chi connectivity index (χ4v) is 2.54. The van der Waals surface area contributed by atoms with Crippen molar-refractivity contribution in [2.45, 2.75) is 0 Å². The van der Waals surface area contributed by atoms with Gasteiger partial charge in [-0.2, -0.15) is 20.2 Å². The SMILES string of the molecule is N#C/C(=C\c1ccc(O)c(Br)c1)c1nc(N)nc(Nc2ccccc2)n1. The smallest absolute Gasteiger partial charge is 0.232 e. The van der Waals surface area contributed by atoms with E-state index in [1.807, 2.05) is 30.3 Å². The highest BCUT2D eigenvalue weighted by atomic mass is 79.9. The number of halogens is 1. The van der Waals surface area contributed by atoms with Crippen molar-refractivity contribution in [3.05, 3.63) is 64.4 Å². The topological polar surface area (TPSA) is 121 Å². The molecule has 7 nitrogen and oxygen atoms in total. The van der Waals surface area contributed by atoms with E-state index in [0.29, 0.717) is 10.0 Å². The van der Waals surface area contributed by atoms with Crippen LogP contribution in [0.2, 0.25) is 0 Å². The van der Waals surface area contributed by atoms with Crippen LogP contribution in [0.15, 0.2) is 53.0 Å². The number of nitrogens with one attached hydrogen (secondary N) is 1. The molecule has 0 radical (unpaired) electrons. The molecular formula is C18H13BrN6O. The van der Waals surface area contributed by atoms with Crippen molar-refractivity contribution >= 4 is 45.2 Å². The molecule has 0 bridgehead atoms. The van der Waals surface area contributed by atoms with Crippen LogP contribution < -0.4 is 11.1 Å². The average Bonchev–Trinajstić information content (AvgIpc) is 2.63. The molecule has 0 aliphatic carbocycles. The van der Waals surface area contributed by atoms with E-state index in [9.17, 15) is 10.4 Å². The third kappa shape index (κ3) is 4.15. The Morgan fingerprint density at radius 2 is 1.92 bits per heavy atom. The first-order chi connectivity index (χ1) is 12.5. The lowest BCUT2D eigenvalue weighted by molar-refractivity contribution is 0.472. The van der Waals surface area contributed by atoms with Crippen molar-refractivity contribution in [3.8, 4) is 11.8 Å². The minimum Gasteiger partial charge on any atom is -0.507 e. The first-order valence-electron chi connectivity index (χ1n) is 7.49. The summed E-state index contributed by atoms with van der Waals surface area (Å²) in [4.78, 5) is 12.4. The van der Waals surface area contributed by atoms with Crippen molar-refractivity contribution in [2.24, 2.45) is 0 Å². The predicted molar refractivity (Wildman–Crippen MR) is 103 cm³/mol. The molecule has 26 heavy (non-hydrogen) atoms. The number of benzene rings is 2. The molecule has 0 fully saturated rings. The number of nitrogens with two attached hydrogens (primary N) is 1. The zero-order valence-corrected chi connectivity index (χ0v) is 15.0. The molecule has 3 rings (SSSR count). The van der Waals surface area contributed by atoms with Crippen molar-refractivity contribution in [2.75, 3.05) is 11.1 Å². The molecule has 3 aromatic rings. The van der Waals surface area contributed by atoms with Crippen LogP contribution in [0.4, 0.5) is 17.6 Å². The van der Waals surface area contributed by atoms with E-state index in [4.69, 9.17) is 5.73 Å². The van der Waals surface area contributed by atoms with Crippen LogP contribution in [0.5, 0.6) is 5.75 Å². The van der Waals surface area contributed by atoms with E-state index in [1.54, 1.807) is 18.2 Å². The summed E-state index contributed by atoms with van der Waals surface area (Å²) in [6.07, 6.45) is 1.60. The average molecular weight is 409 g/mol. The molecule has 0 spiro atoms. The number of allylic oxidation sites excluding steroid dienone is 1. The summed E-state index contributed by atoms with van der Waals surface area (Å²) in [7, 11) is 0. The van der Waals surface area contributed by atoms with Gasteiger partial charge in [-0.1, -0.05) is 24.3 Å². The van der Waals surface area contributed by atoms with E-state index >= 15 is 0 Å². The number of phenolic OH excluding ortho intramolecular Hbond substituents is 1. The minimum atomic E-state index is 0.00136. The summed E-state index contributed by atoms with van der Waals surface area (Å²) in [6.45, 7) is 0. The predicted octanol–water partition coefficient (Wildman–Crippen LogP) is 3.73. The number of phenols is 1. The van der Waals surface area contributed by atoms with Gasteiger partial charge in [0.05, 0.1) is 10.0 Å². The van der Waals surface area contributed by atoms with Crippen LogP contribution in [-0.2, 0) is 0 Å². The lowest BCUT2D eigenvalue weighted by atomic mass is 10.1. The van der Waals surface area contributed by atoms with E-state index in [0.717, 1.165) is 5.69 Å². The maximum absolute atomic E-state index is 9.57. The Kier molecular flexibility index (Phi) is 5.10. The molecule has 0 amide bonds. The van der Waals surface area contributed by atoms with Crippen molar-refractivity contribution in [1.29, 1.82) is 5.26 Å². The van der Waals surface area contributed by atoms with Crippen molar-refractivity contribution in [1.82, 2.24) is 15.0 Å². The molecule has 1 heterocycles. The molecule has 0 aliphatic heterocycles. The number of hydrogen-bond acceptors (Lipinski definition) is 7. The minimum absolute atomic E-state index is 0.00136. The normalized spacial score (nSPS) is 11.0. The summed E-state index contributed by atoms with van der Waals surface area (Å²) >= 11 is 3.24. The highest BCUT2D eigenvalue weighted by Gasteiger charge is 2.10. The molecule has 0 aliphatic rings. The Morgan fingerprint density at radius 3 is 2.62 bits per heavy atom. The van der Waals surface area contributed by atoms with Gasteiger partial charge >= 0.3 is 0 Å². The number of rotatable bonds is 4.